The summed E-state index contributed by atoms with van der Waals surface area (Å²) in [6, 6.07) is 3.80. The molecule has 0 saturated carbocycles. The third-order valence-corrected chi connectivity index (χ3v) is 2.27. The summed E-state index contributed by atoms with van der Waals surface area (Å²) in [4.78, 5) is 10.9. The Balaban J connectivity index is 3.20. The van der Waals surface area contributed by atoms with Crippen molar-refractivity contribution in [2.45, 2.75) is 18.3 Å². The fourth-order valence-corrected chi connectivity index (χ4v) is 1.27. The van der Waals surface area contributed by atoms with E-state index >= 15 is 0 Å². The maximum absolute atomic E-state index is 13.5. The van der Waals surface area contributed by atoms with Crippen LogP contribution in [0.5, 0.6) is 5.75 Å². The van der Waals surface area contributed by atoms with Crippen LogP contribution in [0.3, 0.4) is 0 Å². The van der Waals surface area contributed by atoms with Crippen LogP contribution < -0.4 is 4.74 Å². The van der Waals surface area contributed by atoms with Crippen LogP contribution in [-0.4, -0.2) is 18.1 Å². The molecule has 0 radical (unpaired) electrons. The van der Waals surface area contributed by atoms with Crippen LogP contribution in [0.2, 0.25) is 0 Å². The minimum atomic E-state index is -6.07. The molecule has 0 fully saturated rings. The van der Waals surface area contributed by atoms with Crippen molar-refractivity contribution in [1.29, 1.82) is 0 Å². The van der Waals surface area contributed by atoms with Gasteiger partial charge in [-0.25, -0.2) is 9.18 Å². The van der Waals surface area contributed by atoms with Crippen molar-refractivity contribution in [2.24, 2.45) is 0 Å². The van der Waals surface area contributed by atoms with Gasteiger partial charge in [0.15, 0.2) is 0 Å². The molecule has 0 saturated heterocycles. The molecule has 0 aliphatic rings. The van der Waals surface area contributed by atoms with Gasteiger partial charge in [0, 0.05) is 11.6 Å². The number of carbonyl (C=O) groups is 1. The highest BCUT2D eigenvalue weighted by atomic mass is 19.4. The summed E-state index contributed by atoms with van der Waals surface area (Å²) < 4.78 is 80.2. The molecule has 0 spiro atoms. The Labute approximate surface area is 109 Å². The van der Waals surface area contributed by atoms with Gasteiger partial charge in [0.05, 0.1) is 0 Å². The van der Waals surface area contributed by atoms with Gasteiger partial charge >= 0.3 is 18.1 Å². The van der Waals surface area contributed by atoms with E-state index in [-0.39, 0.29) is 0 Å². The van der Waals surface area contributed by atoms with Gasteiger partial charge in [-0.2, -0.15) is 22.0 Å². The zero-order chi connectivity index (χ0) is 15.6. The first-order valence-corrected chi connectivity index (χ1v) is 5.13. The van der Waals surface area contributed by atoms with Crippen molar-refractivity contribution >= 4 is 5.97 Å². The Kier molecular flexibility index (Phi) is 4.46. The molecule has 0 amide bonds. The SMILES string of the molecule is C=CC(=O)Oc1ccccc1C(F)C(F)(F)C(F)(F)F. The molecule has 1 rings (SSSR count). The maximum Gasteiger partial charge on any atom is 0.456 e. The number of ether oxygens (including phenoxy) is 1. The summed E-state index contributed by atoms with van der Waals surface area (Å²) in [5.74, 6) is -7.45. The van der Waals surface area contributed by atoms with E-state index in [2.05, 4.69) is 11.3 Å². The Morgan fingerprint density at radius 3 is 2.25 bits per heavy atom. The molecule has 1 unspecified atom stereocenters. The van der Waals surface area contributed by atoms with Crippen LogP contribution in [0, 0.1) is 0 Å². The minimum absolute atomic E-state index is 0.659. The summed E-state index contributed by atoms with van der Waals surface area (Å²) in [5, 5.41) is 0. The molecule has 1 aromatic carbocycles. The van der Waals surface area contributed by atoms with Gasteiger partial charge in [0.2, 0.25) is 6.17 Å². The standard InChI is InChI=1S/C12H8F6O2/c1-2-9(19)20-8-6-4-3-5-7(8)10(13)11(14,15)12(16,17)18/h2-6,10H,1H2. The van der Waals surface area contributed by atoms with Gasteiger partial charge in [0.25, 0.3) is 0 Å². The zero-order valence-corrected chi connectivity index (χ0v) is 9.76. The fraction of sp³-hybridized carbons (Fsp3) is 0.250. The van der Waals surface area contributed by atoms with Gasteiger partial charge in [-0.1, -0.05) is 24.8 Å². The number of alkyl halides is 6. The molecule has 0 bridgehead atoms. The van der Waals surface area contributed by atoms with E-state index in [1.54, 1.807) is 0 Å². The molecule has 8 heteroatoms. The van der Waals surface area contributed by atoms with E-state index < -0.39 is 35.6 Å². The van der Waals surface area contributed by atoms with Gasteiger partial charge in [-0.15, -0.1) is 0 Å². The second-order valence-corrected chi connectivity index (χ2v) is 3.65. The Morgan fingerprint density at radius 1 is 1.20 bits per heavy atom. The van der Waals surface area contributed by atoms with Crippen molar-refractivity contribution in [1.82, 2.24) is 0 Å². The second kappa shape index (κ2) is 5.56. The molecule has 0 heterocycles. The zero-order valence-electron chi connectivity index (χ0n) is 9.76. The fourth-order valence-electron chi connectivity index (χ4n) is 1.27. The van der Waals surface area contributed by atoms with Crippen molar-refractivity contribution < 1.29 is 35.9 Å². The highest BCUT2D eigenvalue weighted by Crippen LogP contribution is 2.48. The summed E-state index contributed by atoms with van der Waals surface area (Å²) >= 11 is 0. The maximum atomic E-state index is 13.5. The molecule has 0 aliphatic heterocycles. The molecule has 0 aliphatic carbocycles. The number of hydrogen-bond acceptors (Lipinski definition) is 2. The van der Waals surface area contributed by atoms with Crippen LogP contribution in [0.15, 0.2) is 36.9 Å². The van der Waals surface area contributed by atoms with E-state index in [9.17, 15) is 31.1 Å². The average molecular weight is 298 g/mol. The third kappa shape index (κ3) is 3.12. The van der Waals surface area contributed by atoms with E-state index in [0.29, 0.717) is 12.1 Å². The smallest absolute Gasteiger partial charge is 0.423 e. The van der Waals surface area contributed by atoms with Crippen LogP contribution in [0.1, 0.15) is 11.7 Å². The van der Waals surface area contributed by atoms with E-state index in [0.717, 1.165) is 12.1 Å². The quantitative estimate of drug-likeness (QED) is 0.364. The predicted molar refractivity (Wildman–Crippen MR) is 57.1 cm³/mol. The lowest BCUT2D eigenvalue weighted by Gasteiger charge is -2.24. The number of carbonyl (C=O) groups excluding carboxylic acids is 1. The molecule has 1 aromatic rings. The largest absolute Gasteiger partial charge is 0.456 e. The second-order valence-electron chi connectivity index (χ2n) is 3.65. The number of rotatable bonds is 4. The van der Waals surface area contributed by atoms with Crippen LogP contribution in [0.4, 0.5) is 26.3 Å². The first kappa shape index (κ1) is 16.1. The lowest BCUT2D eigenvalue weighted by molar-refractivity contribution is -0.305. The predicted octanol–water partition coefficient (Wildman–Crippen LogP) is 3.99. The Bertz CT molecular complexity index is 509. The van der Waals surface area contributed by atoms with E-state index in [1.165, 1.54) is 6.07 Å². The first-order chi connectivity index (χ1) is 9.11. The topological polar surface area (TPSA) is 26.3 Å². The number of benzene rings is 1. The molecule has 2 nitrogen and oxygen atoms in total. The number of halogens is 6. The lowest BCUT2D eigenvalue weighted by atomic mass is 10.0. The van der Waals surface area contributed by atoms with E-state index in [4.69, 9.17) is 0 Å². The minimum Gasteiger partial charge on any atom is -0.423 e. The summed E-state index contributed by atoms with van der Waals surface area (Å²) in [5.41, 5.74) is -1.08. The van der Waals surface area contributed by atoms with Gasteiger partial charge in [0.1, 0.15) is 5.75 Å². The molecule has 20 heavy (non-hydrogen) atoms. The molecule has 1 atom stereocenters. The van der Waals surface area contributed by atoms with Gasteiger partial charge in [-0.05, 0) is 6.07 Å². The molecular weight excluding hydrogens is 290 g/mol. The summed E-state index contributed by atoms with van der Waals surface area (Å²) in [6.07, 6.45) is -9.11. The normalized spacial score (nSPS) is 13.7. The molecule has 110 valence electrons. The van der Waals surface area contributed by atoms with Crippen LogP contribution >= 0.6 is 0 Å². The van der Waals surface area contributed by atoms with Crippen molar-refractivity contribution in [3.8, 4) is 5.75 Å². The third-order valence-electron chi connectivity index (χ3n) is 2.27. The van der Waals surface area contributed by atoms with Gasteiger partial charge < -0.3 is 4.74 Å². The summed E-state index contributed by atoms with van der Waals surface area (Å²) in [7, 11) is 0. The highest BCUT2D eigenvalue weighted by molar-refractivity contribution is 5.83. The highest BCUT2D eigenvalue weighted by Gasteiger charge is 2.64. The molecule has 0 N–H and O–H groups in total. The Morgan fingerprint density at radius 2 is 1.75 bits per heavy atom. The van der Waals surface area contributed by atoms with Crippen molar-refractivity contribution in [2.75, 3.05) is 0 Å². The first-order valence-electron chi connectivity index (χ1n) is 5.13. The lowest BCUT2D eigenvalue weighted by Crippen LogP contribution is -2.40. The van der Waals surface area contributed by atoms with Crippen molar-refractivity contribution in [3.63, 3.8) is 0 Å². The van der Waals surface area contributed by atoms with Crippen molar-refractivity contribution in [3.05, 3.63) is 42.5 Å². The molecule has 0 aromatic heterocycles. The number of hydrogen-bond donors (Lipinski definition) is 0. The molecular formula is C12H8F6O2. The number of para-hydroxylation sites is 1. The van der Waals surface area contributed by atoms with Gasteiger partial charge in [-0.3, -0.25) is 0 Å². The Hall–Kier alpha value is -1.99. The van der Waals surface area contributed by atoms with Crippen LogP contribution in [0.25, 0.3) is 0 Å². The number of esters is 1. The average Bonchev–Trinajstić information content (AvgIpc) is 2.37. The van der Waals surface area contributed by atoms with Crippen LogP contribution in [-0.2, 0) is 4.79 Å². The van der Waals surface area contributed by atoms with E-state index in [1.807, 2.05) is 0 Å². The monoisotopic (exact) mass is 298 g/mol. The summed E-state index contributed by atoms with van der Waals surface area (Å²) in [6.45, 7) is 3.02.